The van der Waals surface area contributed by atoms with Gasteiger partial charge in [-0.3, -0.25) is 10.1 Å². The number of ether oxygens (including phenoxy) is 1. The van der Waals surface area contributed by atoms with E-state index >= 15 is 0 Å². The number of nitro groups is 1. The van der Waals surface area contributed by atoms with Crippen molar-refractivity contribution in [2.75, 3.05) is 0 Å². The van der Waals surface area contributed by atoms with Crippen LogP contribution in [0.25, 0.3) is 0 Å². The molecule has 0 amide bonds. The van der Waals surface area contributed by atoms with Crippen LogP contribution in [0.4, 0.5) is 5.69 Å². The fourth-order valence-corrected chi connectivity index (χ4v) is 2.21. The molecule has 0 aromatic heterocycles. The van der Waals surface area contributed by atoms with Crippen LogP contribution in [-0.4, -0.2) is 4.92 Å². The fraction of sp³-hybridized carbons (Fsp3) is 0.0769. The Hall–Kier alpha value is -1.59. The molecule has 0 aliphatic rings. The van der Waals surface area contributed by atoms with Crippen molar-refractivity contribution >= 4 is 33.2 Å². The molecule has 98 valence electrons. The molecule has 0 radical (unpaired) electrons. The van der Waals surface area contributed by atoms with Gasteiger partial charge in [-0.1, -0.05) is 39.7 Å². The highest BCUT2D eigenvalue weighted by Gasteiger charge is 2.12. The first-order valence-corrected chi connectivity index (χ1v) is 6.54. The zero-order valence-electron chi connectivity index (χ0n) is 9.68. The Kier molecular flexibility index (Phi) is 4.39. The van der Waals surface area contributed by atoms with E-state index in [-0.39, 0.29) is 10.7 Å². The van der Waals surface area contributed by atoms with Gasteiger partial charge < -0.3 is 4.74 Å². The van der Waals surface area contributed by atoms with Gasteiger partial charge in [-0.05, 0) is 23.8 Å². The summed E-state index contributed by atoms with van der Waals surface area (Å²) in [5.74, 6) is 0.496. The molecule has 0 spiro atoms. The Labute approximate surface area is 123 Å². The lowest BCUT2D eigenvalue weighted by molar-refractivity contribution is -0.384. The number of hydrogen-bond acceptors (Lipinski definition) is 3. The Morgan fingerprint density at radius 2 is 2.05 bits per heavy atom. The van der Waals surface area contributed by atoms with Gasteiger partial charge in [-0.2, -0.15) is 0 Å². The van der Waals surface area contributed by atoms with E-state index in [1.54, 1.807) is 0 Å². The van der Waals surface area contributed by atoms with E-state index < -0.39 is 4.92 Å². The van der Waals surface area contributed by atoms with Crippen LogP contribution < -0.4 is 4.74 Å². The summed E-state index contributed by atoms with van der Waals surface area (Å²) in [5, 5.41) is 10.7. The maximum absolute atomic E-state index is 10.6. The second kappa shape index (κ2) is 6.04. The van der Waals surface area contributed by atoms with Gasteiger partial charge in [0.2, 0.25) is 0 Å². The van der Waals surface area contributed by atoms with Crippen LogP contribution in [0.15, 0.2) is 46.9 Å². The van der Waals surface area contributed by atoms with E-state index in [9.17, 15) is 10.1 Å². The van der Waals surface area contributed by atoms with Gasteiger partial charge in [0.05, 0.1) is 4.92 Å². The Balaban J connectivity index is 2.08. The van der Waals surface area contributed by atoms with Crippen molar-refractivity contribution in [3.05, 3.63) is 67.6 Å². The topological polar surface area (TPSA) is 52.4 Å². The molecule has 0 heterocycles. The maximum atomic E-state index is 10.6. The van der Waals surface area contributed by atoms with Gasteiger partial charge in [0.1, 0.15) is 17.4 Å². The molecule has 2 aromatic rings. The van der Waals surface area contributed by atoms with Gasteiger partial charge in [-0.25, -0.2) is 0 Å². The average molecular weight is 343 g/mol. The Morgan fingerprint density at radius 1 is 1.26 bits per heavy atom. The zero-order chi connectivity index (χ0) is 13.8. The molecule has 0 N–H and O–H groups in total. The smallest absolute Gasteiger partial charge is 0.288 e. The molecular formula is C13H9BrClNO3. The van der Waals surface area contributed by atoms with Crippen molar-refractivity contribution in [2.45, 2.75) is 6.61 Å². The summed E-state index contributed by atoms with van der Waals surface area (Å²) in [6.45, 7) is 0.369. The molecule has 2 rings (SSSR count). The van der Waals surface area contributed by atoms with Gasteiger partial charge >= 0.3 is 0 Å². The summed E-state index contributed by atoms with van der Waals surface area (Å²) in [7, 11) is 0. The van der Waals surface area contributed by atoms with Gasteiger partial charge in [-0.15, -0.1) is 0 Å². The van der Waals surface area contributed by atoms with Crippen molar-refractivity contribution in [2.24, 2.45) is 0 Å². The first-order valence-electron chi connectivity index (χ1n) is 5.37. The third-order valence-electron chi connectivity index (χ3n) is 2.41. The van der Waals surface area contributed by atoms with E-state index in [0.717, 1.165) is 10.0 Å². The molecule has 0 saturated carbocycles. The SMILES string of the molecule is O=[N+]([O-])c1ccc(OCc2cccc(Br)c2)cc1Cl. The molecule has 0 aliphatic carbocycles. The summed E-state index contributed by atoms with van der Waals surface area (Å²) in [6.07, 6.45) is 0. The largest absolute Gasteiger partial charge is 0.489 e. The van der Waals surface area contributed by atoms with E-state index in [0.29, 0.717) is 12.4 Å². The number of benzene rings is 2. The summed E-state index contributed by atoms with van der Waals surface area (Å²) < 4.78 is 6.50. The van der Waals surface area contributed by atoms with E-state index in [1.165, 1.54) is 18.2 Å². The Bertz CT molecular complexity index is 619. The van der Waals surface area contributed by atoms with Crippen LogP contribution >= 0.6 is 27.5 Å². The van der Waals surface area contributed by atoms with Crippen LogP contribution in [0.1, 0.15) is 5.56 Å². The molecule has 0 aliphatic heterocycles. The standard InChI is InChI=1S/C13H9BrClNO3/c14-10-3-1-2-9(6-10)8-19-11-4-5-13(16(17)18)12(15)7-11/h1-7H,8H2. The lowest BCUT2D eigenvalue weighted by atomic mass is 10.2. The minimum atomic E-state index is -0.527. The zero-order valence-corrected chi connectivity index (χ0v) is 12.0. The van der Waals surface area contributed by atoms with Crippen LogP contribution in [0.3, 0.4) is 0 Å². The molecule has 19 heavy (non-hydrogen) atoms. The molecule has 0 atom stereocenters. The highest BCUT2D eigenvalue weighted by atomic mass is 79.9. The third-order valence-corrected chi connectivity index (χ3v) is 3.21. The van der Waals surface area contributed by atoms with Gasteiger partial charge in [0, 0.05) is 16.6 Å². The maximum Gasteiger partial charge on any atom is 0.288 e. The first-order chi connectivity index (χ1) is 9.06. The summed E-state index contributed by atoms with van der Waals surface area (Å²) >= 11 is 9.18. The second-order valence-corrected chi connectivity index (χ2v) is 5.11. The quantitative estimate of drug-likeness (QED) is 0.603. The predicted molar refractivity (Wildman–Crippen MR) is 76.6 cm³/mol. The average Bonchev–Trinajstić information content (AvgIpc) is 2.36. The van der Waals surface area contributed by atoms with E-state index in [1.807, 2.05) is 24.3 Å². The number of nitro benzene ring substituents is 1. The minimum Gasteiger partial charge on any atom is -0.489 e. The molecule has 0 unspecified atom stereocenters. The summed E-state index contributed by atoms with van der Waals surface area (Å²) in [6, 6.07) is 12.0. The van der Waals surface area contributed by atoms with Crippen molar-refractivity contribution in [1.29, 1.82) is 0 Å². The van der Waals surface area contributed by atoms with Gasteiger partial charge in [0.15, 0.2) is 0 Å². The number of hydrogen-bond donors (Lipinski definition) is 0. The molecule has 0 saturated heterocycles. The number of rotatable bonds is 4. The van der Waals surface area contributed by atoms with Crippen LogP contribution in [-0.2, 0) is 6.61 Å². The monoisotopic (exact) mass is 341 g/mol. The number of halogens is 2. The van der Waals surface area contributed by atoms with Crippen LogP contribution in [0.5, 0.6) is 5.75 Å². The normalized spacial score (nSPS) is 10.2. The molecule has 0 fully saturated rings. The highest BCUT2D eigenvalue weighted by Crippen LogP contribution is 2.28. The predicted octanol–water partition coefficient (Wildman–Crippen LogP) is 4.59. The molecular weight excluding hydrogens is 334 g/mol. The van der Waals surface area contributed by atoms with Crippen molar-refractivity contribution in [3.63, 3.8) is 0 Å². The van der Waals surface area contributed by atoms with E-state index in [4.69, 9.17) is 16.3 Å². The summed E-state index contributed by atoms with van der Waals surface area (Å²) in [5.41, 5.74) is 0.861. The van der Waals surface area contributed by atoms with Crippen molar-refractivity contribution in [3.8, 4) is 5.75 Å². The molecule has 2 aromatic carbocycles. The lowest BCUT2D eigenvalue weighted by Gasteiger charge is -2.07. The van der Waals surface area contributed by atoms with Gasteiger partial charge in [0.25, 0.3) is 5.69 Å². The van der Waals surface area contributed by atoms with Crippen molar-refractivity contribution < 1.29 is 9.66 Å². The number of nitrogens with zero attached hydrogens (tertiary/aromatic N) is 1. The summed E-state index contributed by atoms with van der Waals surface area (Å²) in [4.78, 5) is 10.1. The van der Waals surface area contributed by atoms with Crippen LogP contribution in [0.2, 0.25) is 5.02 Å². The Morgan fingerprint density at radius 3 is 2.68 bits per heavy atom. The van der Waals surface area contributed by atoms with Crippen LogP contribution in [0, 0.1) is 10.1 Å². The second-order valence-electron chi connectivity index (χ2n) is 3.79. The molecule has 4 nitrogen and oxygen atoms in total. The molecule has 0 bridgehead atoms. The lowest BCUT2D eigenvalue weighted by Crippen LogP contribution is -1.96. The van der Waals surface area contributed by atoms with Crippen molar-refractivity contribution in [1.82, 2.24) is 0 Å². The minimum absolute atomic E-state index is 0.0664. The fourth-order valence-electron chi connectivity index (χ4n) is 1.52. The third kappa shape index (κ3) is 3.68. The highest BCUT2D eigenvalue weighted by molar-refractivity contribution is 9.10. The first kappa shape index (κ1) is 13.8. The molecule has 6 heteroatoms. The van der Waals surface area contributed by atoms with E-state index in [2.05, 4.69) is 15.9 Å².